The third-order valence-electron chi connectivity index (χ3n) is 5.77. The molecule has 0 heterocycles. The van der Waals surface area contributed by atoms with Crippen LogP contribution in [0.25, 0.3) is 0 Å². The second-order valence-electron chi connectivity index (χ2n) is 9.36. The number of nitrogens with two attached hydrogens (primary N) is 1. The fraction of sp³-hybridized carbons (Fsp3) is 0.310. The van der Waals surface area contributed by atoms with E-state index in [1.54, 1.807) is 50.2 Å². The highest BCUT2D eigenvalue weighted by Gasteiger charge is 2.33. The first kappa shape index (κ1) is 37.3. The van der Waals surface area contributed by atoms with E-state index < -0.39 is 35.9 Å². The summed E-state index contributed by atoms with van der Waals surface area (Å²) in [5.41, 5.74) is 9.27. The Kier molecular flexibility index (Phi) is 14.6. The summed E-state index contributed by atoms with van der Waals surface area (Å²) in [6.45, 7) is 5.40. The first-order chi connectivity index (χ1) is 21.0. The maximum absolute atomic E-state index is 14.0. The van der Waals surface area contributed by atoms with Crippen molar-refractivity contribution < 1.29 is 40.2 Å². The normalized spacial score (nSPS) is 11.9. The molecule has 0 aliphatic heterocycles. The quantitative estimate of drug-likeness (QED) is 0.0559. The molecular formula is C29H37ClN4O9S2. The molecule has 0 unspecified atom stereocenters. The van der Waals surface area contributed by atoms with Gasteiger partial charge in [-0.3, -0.25) is 9.63 Å². The topological polar surface area (TPSA) is 176 Å². The number of nitrogens with zero attached hydrogens (tertiary/aromatic N) is 2. The first-order valence-corrected chi connectivity index (χ1v) is 16.5. The van der Waals surface area contributed by atoms with Gasteiger partial charge in [-0.1, -0.05) is 49.4 Å². The molecule has 0 radical (unpaired) electrons. The van der Waals surface area contributed by atoms with Crippen LogP contribution in [0.5, 0.6) is 11.5 Å². The Bertz CT molecular complexity index is 1660. The zero-order valence-corrected chi connectivity index (χ0v) is 27.5. The predicted octanol–water partition coefficient (Wildman–Crippen LogP) is 3.87. The number of carbonyl (C=O) groups is 1. The Hall–Kier alpha value is -3.89. The average Bonchev–Trinajstić information content (AvgIpc) is 2.98. The summed E-state index contributed by atoms with van der Waals surface area (Å²) >= 11 is 0. The number of oxime groups is 1. The molecule has 0 spiro atoms. The molecule has 3 aromatic carbocycles. The second kappa shape index (κ2) is 17.6. The lowest BCUT2D eigenvalue weighted by Gasteiger charge is -2.23. The molecule has 246 valence electrons. The zero-order chi connectivity index (χ0) is 32.2. The number of rotatable bonds is 16. The summed E-state index contributed by atoms with van der Waals surface area (Å²) in [4.78, 5) is 21.3. The molecule has 0 saturated heterocycles. The Morgan fingerprint density at radius 2 is 1.58 bits per heavy atom. The summed E-state index contributed by atoms with van der Waals surface area (Å²) < 4.78 is 66.4. The van der Waals surface area contributed by atoms with Gasteiger partial charge in [-0.2, -0.15) is 12.7 Å². The molecule has 0 bridgehead atoms. The molecule has 0 saturated carbocycles. The van der Waals surface area contributed by atoms with Crippen LogP contribution < -0.4 is 20.2 Å². The minimum atomic E-state index is -4.70. The number of ether oxygens (including phenoxy) is 1. The fourth-order valence-electron chi connectivity index (χ4n) is 3.86. The summed E-state index contributed by atoms with van der Waals surface area (Å²) in [6.07, 6.45) is 0.516. The first-order valence-electron chi connectivity index (χ1n) is 13.7. The van der Waals surface area contributed by atoms with E-state index in [-0.39, 0.29) is 56.0 Å². The molecule has 0 amide bonds. The van der Waals surface area contributed by atoms with Gasteiger partial charge in [0.2, 0.25) is 10.0 Å². The van der Waals surface area contributed by atoms with Crippen LogP contribution in [0.15, 0.2) is 87.7 Å². The van der Waals surface area contributed by atoms with Crippen LogP contribution in [0.1, 0.15) is 37.8 Å². The van der Waals surface area contributed by atoms with Crippen LogP contribution in [-0.4, -0.2) is 52.8 Å². The van der Waals surface area contributed by atoms with Gasteiger partial charge in [0.1, 0.15) is 15.5 Å². The van der Waals surface area contributed by atoms with Gasteiger partial charge in [0.25, 0.3) is 5.96 Å². The van der Waals surface area contributed by atoms with Crippen LogP contribution in [0.3, 0.4) is 0 Å². The number of aryl methyl sites for hydroxylation is 1. The Balaban J connectivity index is 0.00000705. The van der Waals surface area contributed by atoms with E-state index in [2.05, 4.69) is 10.6 Å². The molecule has 0 aromatic heterocycles. The van der Waals surface area contributed by atoms with Crippen molar-refractivity contribution in [3.63, 3.8) is 0 Å². The molecule has 0 fully saturated rings. The van der Waals surface area contributed by atoms with Crippen LogP contribution in [0.4, 0.5) is 0 Å². The Morgan fingerprint density at radius 3 is 2.24 bits per heavy atom. The lowest BCUT2D eigenvalue weighted by molar-refractivity contribution is -0.143. The summed E-state index contributed by atoms with van der Waals surface area (Å²) in [6, 6.07) is 18.0. The minimum absolute atomic E-state index is 0. The molecule has 0 aliphatic rings. The van der Waals surface area contributed by atoms with Crippen molar-refractivity contribution in [1.29, 1.82) is 0 Å². The smallest absolute Gasteiger partial charge is 0.340 e. The second-order valence-corrected chi connectivity index (χ2v) is 12.8. The van der Waals surface area contributed by atoms with Crippen molar-refractivity contribution >= 4 is 44.5 Å². The third-order valence-corrected chi connectivity index (χ3v) is 9.11. The van der Waals surface area contributed by atoms with Crippen LogP contribution >= 0.6 is 12.4 Å². The van der Waals surface area contributed by atoms with Gasteiger partial charge in [-0.25, -0.2) is 13.9 Å². The van der Waals surface area contributed by atoms with E-state index >= 15 is 0 Å². The number of hydrogen-bond donors (Lipinski definition) is 2. The molecule has 3 aromatic rings. The van der Waals surface area contributed by atoms with Crippen molar-refractivity contribution in [2.24, 2.45) is 10.9 Å². The lowest BCUT2D eigenvalue weighted by Crippen LogP contribution is -2.34. The van der Waals surface area contributed by atoms with Gasteiger partial charge in [0.15, 0.2) is 5.75 Å². The largest absolute Gasteiger partial charge is 0.466 e. The van der Waals surface area contributed by atoms with Gasteiger partial charge in [-0.05, 0) is 60.8 Å². The van der Waals surface area contributed by atoms with Gasteiger partial charge < -0.3 is 19.5 Å². The standard InChI is InChI=1S/C29H36N4O9S2.ClH/c1-4-17-40-31-29(30)32-41-24-18-22(3)19-25(20-24)42-44(37,38)27-14-10-9-13-26(27)43(35,36)33(16-15-28(34)39-5-2)21-23-11-7-6-8-12-23;/h6-14,18-20H,4-5,15-17,21H2,1-3H3,(H3,30,31,32);1H. The lowest BCUT2D eigenvalue weighted by atomic mass is 10.2. The summed E-state index contributed by atoms with van der Waals surface area (Å²) in [5.74, 6) is -0.806. The monoisotopic (exact) mass is 684 g/mol. The molecule has 13 nitrogen and oxygen atoms in total. The van der Waals surface area contributed by atoms with Gasteiger partial charge >= 0.3 is 16.1 Å². The van der Waals surface area contributed by atoms with Crippen molar-refractivity contribution in [1.82, 2.24) is 9.79 Å². The molecule has 3 N–H and O–H groups in total. The molecular weight excluding hydrogens is 648 g/mol. The minimum Gasteiger partial charge on any atom is -0.466 e. The number of hydrogen-bond acceptors (Lipinski definition) is 10. The third kappa shape index (κ3) is 11.2. The van der Waals surface area contributed by atoms with Crippen LogP contribution in [0, 0.1) is 6.92 Å². The highest BCUT2D eigenvalue weighted by Crippen LogP contribution is 2.30. The van der Waals surface area contributed by atoms with E-state index in [1.165, 1.54) is 30.3 Å². The molecule has 16 heteroatoms. The number of benzene rings is 3. The predicted molar refractivity (Wildman–Crippen MR) is 170 cm³/mol. The van der Waals surface area contributed by atoms with E-state index in [0.717, 1.165) is 16.8 Å². The fourth-order valence-corrected chi connectivity index (χ4v) is 6.99. The highest BCUT2D eigenvalue weighted by molar-refractivity contribution is 7.91. The number of sulfonamides is 1. The maximum Gasteiger partial charge on any atom is 0.340 e. The molecule has 0 aliphatic carbocycles. The van der Waals surface area contributed by atoms with Crippen molar-refractivity contribution in [3.8, 4) is 11.5 Å². The van der Waals surface area contributed by atoms with Crippen molar-refractivity contribution in [3.05, 3.63) is 83.9 Å². The number of hydroxylamine groups is 1. The SMILES string of the molecule is CCCONC(N)=NOc1cc(C)cc(OS(=O)(=O)c2ccccc2S(=O)(=O)N(CCC(=O)OCC)Cc2ccccc2)c1.Cl. The number of nitrogens with one attached hydrogen (secondary N) is 1. The number of esters is 1. The van der Waals surface area contributed by atoms with Crippen molar-refractivity contribution in [2.45, 2.75) is 49.9 Å². The zero-order valence-electron chi connectivity index (χ0n) is 25.0. The van der Waals surface area contributed by atoms with Crippen molar-refractivity contribution in [2.75, 3.05) is 19.8 Å². The van der Waals surface area contributed by atoms with E-state index in [9.17, 15) is 21.6 Å². The number of carbonyl (C=O) groups excluding carboxylic acids is 1. The van der Waals surface area contributed by atoms with Gasteiger partial charge in [0.05, 0.1) is 19.6 Å². The summed E-state index contributed by atoms with van der Waals surface area (Å²) in [5, 5.41) is 3.68. The van der Waals surface area contributed by atoms with E-state index in [4.69, 9.17) is 24.3 Å². The van der Waals surface area contributed by atoms with E-state index in [0.29, 0.717) is 17.7 Å². The summed E-state index contributed by atoms with van der Waals surface area (Å²) in [7, 11) is -9.17. The number of guanidine groups is 1. The molecule has 0 atom stereocenters. The average molecular weight is 685 g/mol. The Labute approximate surface area is 269 Å². The number of halogens is 1. The van der Waals surface area contributed by atoms with Crippen LogP contribution in [0.2, 0.25) is 0 Å². The Morgan fingerprint density at radius 1 is 0.933 bits per heavy atom. The highest BCUT2D eigenvalue weighted by atomic mass is 35.5. The maximum atomic E-state index is 14.0. The molecule has 3 rings (SSSR count). The van der Waals surface area contributed by atoms with E-state index in [1.807, 2.05) is 6.92 Å². The van der Waals surface area contributed by atoms with Gasteiger partial charge in [-0.15, -0.1) is 12.4 Å². The molecule has 45 heavy (non-hydrogen) atoms. The van der Waals surface area contributed by atoms with Crippen LogP contribution in [-0.2, 0) is 41.1 Å². The van der Waals surface area contributed by atoms with Gasteiger partial charge in [0, 0.05) is 19.2 Å².